The van der Waals surface area contributed by atoms with Crippen LogP contribution in [0.25, 0.3) is 0 Å². The SMILES string of the molecule is COc1ccc(C(=O)C(C)Sc2cccc(Cl)c2)cc1. The van der Waals surface area contributed by atoms with Crippen LogP contribution in [0.2, 0.25) is 5.02 Å². The number of hydrogen-bond acceptors (Lipinski definition) is 3. The van der Waals surface area contributed by atoms with E-state index in [9.17, 15) is 4.79 Å². The molecule has 0 spiro atoms. The lowest BCUT2D eigenvalue weighted by Gasteiger charge is -2.11. The fraction of sp³-hybridized carbons (Fsp3) is 0.188. The molecule has 0 aromatic heterocycles. The number of ether oxygens (including phenoxy) is 1. The van der Waals surface area contributed by atoms with Crippen molar-refractivity contribution < 1.29 is 9.53 Å². The van der Waals surface area contributed by atoms with E-state index in [1.54, 1.807) is 31.4 Å². The first-order valence-electron chi connectivity index (χ1n) is 6.20. The zero-order valence-corrected chi connectivity index (χ0v) is 12.9. The van der Waals surface area contributed by atoms with Crippen LogP contribution in [0.3, 0.4) is 0 Å². The average Bonchev–Trinajstić information content (AvgIpc) is 2.46. The van der Waals surface area contributed by atoms with Gasteiger partial charge in [-0.2, -0.15) is 0 Å². The predicted octanol–water partition coefficient (Wildman–Crippen LogP) is 4.71. The monoisotopic (exact) mass is 306 g/mol. The van der Waals surface area contributed by atoms with Crippen LogP contribution in [0.15, 0.2) is 53.4 Å². The highest BCUT2D eigenvalue weighted by Crippen LogP contribution is 2.28. The summed E-state index contributed by atoms with van der Waals surface area (Å²) in [5.41, 5.74) is 0.688. The maximum Gasteiger partial charge on any atom is 0.175 e. The molecule has 2 aromatic rings. The molecule has 0 bridgehead atoms. The molecular weight excluding hydrogens is 292 g/mol. The van der Waals surface area contributed by atoms with Gasteiger partial charge in [0.05, 0.1) is 12.4 Å². The first kappa shape index (κ1) is 14.9. The fourth-order valence-corrected chi connectivity index (χ4v) is 3.05. The van der Waals surface area contributed by atoms with Gasteiger partial charge in [-0.1, -0.05) is 17.7 Å². The van der Waals surface area contributed by atoms with E-state index in [1.165, 1.54) is 11.8 Å². The number of benzene rings is 2. The molecule has 104 valence electrons. The van der Waals surface area contributed by atoms with Gasteiger partial charge in [0.1, 0.15) is 5.75 Å². The highest BCUT2D eigenvalue weighted by atomic mass is 35.5. The lowest BCUT2D eigenvalue weighted by Crippen LogP contribution is -2.13. The van der Waals surface area contributed by atoms with Gasteiger partial charge in [-0.05, 0) is 49.4 Å². The van der Waals surface area contributed by atoms with Crippen molar-refractivity contribution in [2.75, 3.05) is 7.11 Å². The lowest BCUT2D eigenvalue weighted by atomic mass is 10.1. The van der Waals surface area contributed by atoms with Gasteiger partial charge in [0, 0.05) is 15.5 Å². The Morgan fingerprint density at radius 1 is 1.20 bits per heavy atom. The minimum Gasteiger partial charge on any atom is -0.497 e. The van der Waals surface area contributed by atoms with Crippen molar-refractivity contribution in [1.29, 1.82) is 0 Å². The predicted molar refractivity (Wildman–Crippen MR) is 84.1 cm³/mol. The standard InChI is InChI=1S/C16H15ClO2S/c1-11(20-15-5-3-4-13(17)10-15)16(18)12-6-8-14(19-2)9-7-12/h3-11H,1-2H3. The summed E-state index contributed by atoms with van der Waals surface area (Å²) in [7, 11) is 1.61. The summed E-state index contributed by atoms with van der Waals surface area (Å²) in [5, 5.41) is 0.515. The zero-order chi connectivity index (χ0) is 14.5. The largest absolute Gasteiger partial charge is 0.497 e. The normalized spacial score (nSPS) is 11.9. The lowest BCUT2D eigenvalue weighted by molar-refractivity contribution is 0.0994. The number of Topliss-reactive ketones (excluding diaryl/α,β-unsaturated/α-hetero) is 1. The molecule has 0 heterocycles. The van der Waals surface area contributed by atoms with Gasteiger partial charge in [-0.3, -0.25) is 4.79 Å². The number of halogens is 1. The van der Waals surface area contributed by atoms with E-state index < -0.39 is 0 Å². The number of rotatable bonds is 5. The van der Waals surface area contributed by atoms with Crippen molar-refractivity contribution in [3.05, 3.63) is 59.1 Å². The van der Waals surface area contributed by atoms with Crippen molar-refractivity contribution in [2.24, 2.45) is 0 Å². The summed E-state index contributed by atoms with van der Waals surface area (Å²) in [6, 6.07) is 14.7. The van der Waals surface area contributed by atoms with Gasteiger partial charge < -0.3 is 4.74 Å². The van der Waals surface area contributed by atoms with Gasteiger partial charge >= 0.3 is 0 Å². The molecule has 1 atom stereocenters. The molecule has 0 saturated heterocycles. The van der Waals surface area contributed by atoms with Crippen molar-refractivity contribution in [2.45, 2.75) is 17.1 Å². The number of carbonyl (C=O) groups excluding carboxylic acids is 1. The molecule has 4 heteroatoms. The van der Waals surface area contributed by atoms with Gasteiger partial charge in [-0.15, -0.1) is 11.8 Å². The van der Waals surface area contributed by atoms with Gasteiger partial charge in [-0.25, -0.2) is 0 Å². The fourth-order valence-electron chi connectivity index (χ4n) is 1.79. The quantitative estimate of drug-likeness (QED) is 0.591. The topological polar surface area (TPSA) is 26.3 Å². The van der Waals surface area contributed by atoms with Crippen LogP contribution in [0, 0.1) is 0 Å². The minimum absolute atomic E-state index is 0.0950. The van der Waals surface area contributed by atoms with Crippen LogP contribution in [-0.2, 0) is 0 Å². The molecular formula is C16H15ClO2S. The van der Waals surface area contributed by atoms with E-state index >= 15 is 0 Å². The molecule has 0 aliphatic carbocycles. The summed E-state index contributed by atoms with van der Waals surface area (Å²) in [6.07, 6.45) is 0. The van der Waals surface area contributed by atoms with Crippen LogP contribution < -0.4 is 4.74 Å². The van der Waals surface area contributed by atoms with Crippen LogP contribution in [0.5, 0.6) is 5.75 Å². The number of ketones is 1. The Morgan fingerprint density at radius 3 is 2.50 bits per heavy atom. The number of carbonyl (C=O) groups is 1. The number of hydrogen-bond donors (Lipinski definition) is 0. The number of thioether (sulfide) groups is 1. The summed E-state index contributed by atoms with van der Waals surface area (Å²) in [5.74, 6) is 0.842. The molecule has 0 amide bonds. The Labute approximate surface area is 128 Å². The third kappa shape index (κ3) is 3.78. The summed E-state index contributed by atoms with van der Waals surface area (Å²) < 4.78 is 5.09. The Bertz CT molecular complexity index is 596. The molecule has 2 nitrogen and oxygen atoms in total. The maximum absolute atomic E-state index is 12.3. The van der Waals surface area contributed by atoms with E-state index in [4.69, 9.17) is 16.3 Å². The highest BCUT2D eigenvalue weighted by Gasteiger charge is 2.16. The van der Waals surface area contributed by atoms with Gasteiger partial charge in [0.25, 0.3) is 0 Å². The van der Waals surface area contributed by atoms with Crippen LogP contribution in [0.4, 0.5) is 0 Å². The molecule has 0 fully saturated rings. The Morgan fingerprint density at radius 2 is 1.90 bits per heavy atom. The summed E-state index contributed by atoms with van der Waals surface area (Å²) in [6.45, 7) is 1.90. The van der Waals surface area contributed by atoms with Crippen LogP contribution >= 0.6 is 23.4 Å². The van der Waals surface area contributed by atoms with Gasteiger partial charge in [0.15, 0.2) is 5.78 Å². The minimum atomic E-state index is -0.165. The van der Waals surface area contributed by atoms with Crippen molar-refractivity contribution in [3.63, 3.8) is 0 Å². The first-order chi connectivity index (χ1) is 9.60. The summed E-state index contributed by atoms with van der Waals surface area (Å²) >= 11 is 7.45. The van der Waals surface area contributed by atoms with E-state index in [1.807, 2.05) is 31.2 Å². The maximum atomic E-state index is 12.3. The Balaban J connectivity index is 2.07. The second-order valence-electron chi connectivity index (χ2n) is 4.31. The van der Waals surface area contributed by atoms with E-state index in [0.29, 0.717) is 10.6 Å². The Hall–Kier alpha value is -1.45. The molecule has 2 aromatic carbocycles. The van der Waals surface area contributed by atoms with Gasteiger partial charge in [0.2, 0.25) is 0 Å². The average molecular weight is 307 g/mol. The molecule has 20 heavy (non-hydrogen) atoms. The van der Waals surface area contributed by atoms with Crippen molar-refractivity contribution >= 4 is 29.1 Å². The first-order valence-corrected chi connectivity index (χ1v) is 7.46. The summed E-state index contributed by atoms with van der Waals surface area (Å²) in [4.78, 5) is 13.3. The van der Waals surface area contributed by atoms with E-state index in [2.05, 4.69) is 0 Å². The third-order valence-corrected chi connectivity index (χ3v) is 4.18. The molecule has 0 saturated carbocycles. The van der Waals surface area contributed by atoms with Crippen LogP contribution in [0.1, 0.15) is 17.3 Å². The highest BCUT2D eigenvalue weighted by molar-refractivity contribution is 8.00. The van der Waals surface area contributed by atoms with Crippen molar-refractivity contribution in [1.82, 2.24) is 0 Å². The molecule has 0 aliphatic rings. The smallest absolute Gasteiger partial charge is 0.175 e. The second-order valence-corrected chi connectivity index (χ2v) is 6.16. The number of methoxy groups -OCH3 is 1. The molecule has 0 aliphatic heterocycles. The Kier molecular flexibility index (Phi) is 5.10. The van der Waals surface area contributed by atoms with E-state index in [0.717, 1.165) is 10.6 Å². The van der Waals surface area contributed by atoms with E-state index in [-0.39, 0.29) is 11.0 Å². The van der Waals surface area contributed by atoms with Crippen molar-refractivity contribution in [3.8, 4) is 5.75 Å². The molecule has 2 rings (SSSR count). The third-order valence-electron chi connectivity index (χ3n) is 2.85. The van der Waals surface area contributed by atoms with Crippen LogP contribution in [-0.4, -0.2) is 18.1 Å². The molecule has 1 unspecified atom stereocenters. The molecule has 0 N–H and O–H groups in total. The second kappa shape index (κ2) is 6.82. The molecule has 0 radical (unpaired) electrons. The zero-order valence-electron chi connectivity index (χ0n) is 11.3.